The van der Waals surface area contributed by atoms with Crippen molar-refractivity contribution < 1.29 is 4.79 Å². The Hall–Kier alpha value is -2.93. The van der Waals surface area contributed by atoms with Gasteiger partial charge in [-0.05, 0) is 42.0 Å². The lowest BCUT2D eigenvalue weighted by atomic mass is 9.86. The number of carbonyl (C=O) groups excluding carboxylic acids is 1. The van der Waals surface area contributed by atoms with Crippen LogP contribution in [-0.4, -0.2) is 25.7 Å². The number of nitrogens with one attached hydrogen (secondary N) is 1. The van der Waals surface area contributed by atoms with Crippen molar-refractivity contribution in [3.05, 3.63) is 87.1 Å². The average Bonchev–Trinajstić information content (AvgIpc) is 2.83. The van der Waals surface area contributed by atoms with Crippen LogP contribution >= 0.6 is 11.8 Å². The van der Waals surface area contributed by atoms with E-state index in [1.54, 1.807) is 17.8 Å². The summed E-state index contributed by atoms with van der Waals surface area (Å²) in [5, 5.41) is 3.20. The highest BCUT2D eigenvalue weighted by Crippen LogP contribution is 2.26. The molecule has 0 radical (unpaired) electrons. The van der Waals surface area contributed by atoms with Crippen molar-refractivity contribution in [3.8, 4) is 0 Å². The summed E-state index contributed by atoms with van der Waals surface area (Å²) >= 11 is 1.35. The molecule has 2 aromatic heterocycles. The van der Waals surface area contributed by atoms with Crippen LogP contribution in [0.1, 0.15) is 68.6 Å². The largest absolute Gasteiger partial charge is 0.349 e. The van der Waals surface area contributed by atoms with E-state index in [9.17, 15) is 9.59 Å². The van der Waals surface area contributed by atoms with Gasteiger partial charge in [0.25, 0.3) is 5.56 Å². The molecule has 0 saturated heterocycles. The maximum absolute atomic E-state index is 13.3. The normalized spacial score (nSPS) is 12.4. The van der Waals surface area contributed by atoms with E-state index >= 15 is 0 Å². The Labute approximate surface area is 212 Å². The number of aryl methyl sites for hydroxylation is 1. The highest BCUT2D eigenvalue weighted by atomic mass is 32.2. The van der Waals surface area contributed by atoms with Crippen molar-refractivity contribution >= 4 is 17.7 Å². The summed E-state index contributed by atoms with van der Waals surface area (Å²) in [6.45, 7) is 10.9. The molecule has 1 aromatic carbocycles. The monoisotopic (exact) mass is 492 g/mol. The summed E-state index contributed by atoms with van der Waals surface area (Å²) in [4.78, 5) is 35.2. The minimum absolute atomic E-state index is 0.0657. The first-order valence-corrected chi connectivity index (χ1v) is 13.0. The second-order valence-corrected chi connectivity index (χ2v) is 11.1. The zero-order chi connectivity index (χ0) is 25.6. The van der Waals surface area contributed by atoms with Gasteiger partial charge in [0.15, 0.2) is 5.16 Å². The maximum atomic E-state index is 13.3. The van der Waals surface area contributed by atoms with Crippen molar-refractivity contribution in [1.29, 1.82) is 0 Å². The van der Waals surface area contributed by atoms with Gasteiger partial charge in [0.1, 0.15) is 0 Å². The number of pyridine rings is 1. The van der Waals surface area contributed by atoms with Crippen LogP contribution in [0.15, 0.2) is 58.6 Å². The second-order valence-electron chi connectivity index (χ2n) is 9.88. The molecule has 1 amide bonds. The maximum Gasteiger partial charge on any atom is 0.257 e. The van der Waals surface area contributed by atoms with E-state index in [4.69, 9.17) is 4.98 Å². The van der Waals surface area contributed by atoms with Crippen LogP contribution in [0.4, 0.5) is 0 Å². The molecule has 0 bridgehead atoms. The highest BCUT2D eigenvalue weighted by molar-refractivity contribution is 8.00. The van der Waals surface area contributed by atoms with Gasteiger partial charge in [0.05, 0.1) is 17.5 Å². The number of amides is 1. The van der Waals surface area contributed by atoms with E-state index < -0.39 is 0 Å². The molecule has 3 aromatic rings. The minimum atomic E-state index is -0.336. The van der Waals surface area contributed by atoms with E-state index in [2.05, 4.69) is 55.3 Å². The number of hydrogen-bond donors (Lipinski definition) is 1. The molecule has 1 atom stereocenters. The van der Waals surface area contributed by atoms with Gasteiger partial charge < -0.3 is 5.32 Å². The Morgan fingerprint density at radius 2 is 1.86 bits per heavy atom. The Kier molecular flexibility index (Phi) is 8.89. The summed E-state index contributed by atoms with van der Waals surface area (Å²) in [5.74, 6) is -0.0718. The number of thioether (sulfide) groups is 1. The molecule has 7 heteroatoms. The predicted octanol–water partition coefficient (Wildman–Crippen LogP) is 4.95. The Morgan fingerprint density at radius 3 is 2.46 bits per heavy atom. The van der Waals surface area contributed by atoms with Gasteiger partial charge >= 0.3 is 0 Å². The molecule has 1 unspecified atom stereocenters. The molecule has 0 aliphatic carbocycles. The van der Waals surface area contributed by atoms with Crippen LogP contribution in [-0.2, 0) is 30.2 Å². The molecule has 3 rings (SSSR count). The molecular formula is C28H36N4O2S. The number of nitrogens with zero attached hydrogens (tertiary/aromatic N) is 3. The van der Waals surface area contributed by atoms with Crippen LogP contribution in [0, 0.1) is 6.92 Å². The van der Waals surface area contributed by atoms with Crippen molar-refractivity contribution in [2.75, 3.05) is 0 Å². The molecular weight excluding hydrogens is 456 g/mol. The fraction of sp³-hybridized carbons (Fsp3) is 0.429. The molecule has 0 saturated carbocycles. The van der Waals surface area contributed by atoms with Crippen molar-refractivity contribution in [3.63, 3.8) is 0 Å². The summed E-state index contributed by atoms with van der Waals surface area (Å²) in [7, 11) is 1.73. The number of benzene rings is 1. The van der Waals surface area contributed by atoms with Gasteiger partial charge in [-0.25, -0.2) is 4.98 Å². The smallest absolute Gasteiger partial charge is 0.257 e. The number of hydrogen-bond acceptors (Lipinski definition) is 5. The lowest BCUT2D eigenvalue weighted by molar-refractivity contribution is -0.120. The fourth-order valence-corrected chi connectivity index (χ4v) is 5.02. The summed E-state index contributed by atoms with van der Waals surface area (Å²) in [6.07, 6.45) is 3.78. The van der Waals surface area contributed by atoms with Crippen molar-refractivity contribution in [1.82, 2.24) is 19.9 Å². The summed E-state index contributed by atoms with van der Waals surface area (Å²) in [5.41, 5.74) is 4.57. The van der Waals surface area contributed by atoms with Crippen LogP contribution in [0.2, 0.25) is 0 Å². The third kappa shape index (κ3) is 7.04. The molecule has 0 spiro atoms. The van der Waals surface area contributed by atoms with Gasteiger partial charge in [-0.1, -0.05) is 76.2 Å². The van der Waals surface area contributed by atoms with E-state index in [-0.39, 0.29) is 22.1 Å². The van der Waals surface area contributed by atoms with E-state index in [0.717, 1.165) is 17.7 Å². The number of aromatic nitrogens is 3. The first kappa shape index (κ1) is 26.7. The number of carbonyl (C=O) groups is 1. The van der Waals surface area contributed by atoms with Crippen molar-refractivity contribution in [2.45, 2.75) is 76.2 Å². The molecule has 1 N–H and O–H groups in total. The highest BCUT2D eigenvalue weighted by Gasteiger charge is 2.23. The molecule has 186 valence electrons. The van der Waals surface area contributed by atoms with Crippen molar-refractivity contribution in [2.24, 2.45) is 7.05 Å². The Balaban J connectivity index is 1.77. The predicted molar refractivity (Wildman–Crippen MR) is 143 cm³/mol. The van der Waals surface area contributed by atoms with E-state index in [0.29, 0.717) is 35.8 Å². The third-order valence-corrected chi connectivity index (χ3v) is 7.32. The zero-order valence-electron chi connectivity index (χ0n) is 21.6. The third-order valence-electron chi connectivity index (χ3n) is 6.01. The van der Waals surface area contributed by atoms with Crippen LogP contribution in [0.3, 0.4) is 0 Å². The molecule has 0 aliphatic rings. The molecule has 35 heavy (non-hydrogen) atoms. The quantitative estimate of drug-likeness (QED) is 0.338. The Morgan fingerprint density at radius 1 is 1.14 bits per heavy atom. The van der Waals surface area contributed by atoms with E-state index in [1.807, 2.05) is 32.0 Å². The first-order chi connectivity index (χ1) is 16.6. The fourth-order valence-electron chi connectivity index (χ4n) is 3.79. The molecule has 6 nitrogen and oxygen atoms in total. The summed E-state index contributed by atoms with van der Waals surface area (Å²) in [6, 6.07) is 14.1. The lowest BCUT2D eigenvalue weighted by Gasteiger charge is -2.19. The van der Waals surface area contributed by atoms with Crippen LogP contribution < -0.4 is 10.9 Å². The number of rotatable bonds is 9. The van der Waals surface area contributed by atoms with Gasteiger partial charge in [0, 0.05) is 30.9 Å². The molecule has 0 fully saturated rings. The minimum Gasteiger partial charge on any atom is -0.349 e. The van der Waals surface area contributed by atoms with Gasteiger partial charge in [-0.15, -0.1) is 0 Å². The summed E-state index contributed by atoms with van der Waals surface area (Å²) < 4.78 is 1.57. The van der Waals surface area contributed by atoms with Crippen LogP contribution in [0.25, 0.3) is 0 Å². The van der Waals surface area contributed by atoms with Crippen LogP contribution in [0.5, 0.6) is 0 Å². The SMILES string of the molecule is CCCC(Sc1nc(C)c(Cc2ccc(C(C)(C)C)cc2)c(=O)n1C)C(=O)NCc1ccccn1. The standard InChI is InChI=1S/C28H36N4O2S/c1-7-10-24(25(33)30-18-22-11-8-9-16-29-22)35-27-31-19(2)23(26(34)32(27)6)17-20-12-14-21(15-13-20)28(3,4)5/h8-9,11-16,24H,7,10,17-18H2,1-6H3,(H,30,33). The van der Waals surface area contributed by atoms with Gasteiger partial charge in [-0.2, -0.15) is 0 Å². The van der Waals surface area contributed by atoms with E-state index in [1.165, 1.54) is 17.3 Å². The Bertz CT molecular complexity index is 1200. The first-order valence-electron chi connectivity index (χ1n) is 12.1. The second kappa shape index (κ2) is 11.7. The lowest BCUT2D eigenvalue weighted by Crippen LogP contribution is -2.33. The topological polar surface area (TPSA) is 76.9 Å². The molecule has 0 aliphatic heterocycles. The van der Waals surface area contributed by atoms with Gasteiger partial charge in [0.2, 0.25) is 5.91 Å². The average molecular weight is 493 g/mol. The van der Waals surface area contributed by atoms with Gasteiger partial charge in [-0.3, -0.25) is 19.1 Å². The zero-order valence-corrected chi connectivity index (χ0v) is 22.4. The molecule has 2 heterocycles.